The van der Waals surface area contributed by atoms with Crippen LogP contribution in [0.2, 0.25) is 5.02 Å². The molecule has 0 aliphatic rings. The Morgan fingerprint density at radius 1 is 0.971 bits per heavy atom. The second-order valence-electron chi connectivity index (χ2n) is 7.86. The van der Waals surface area contributed by atoms with Crippen molar-refractivity contribution < 1.29 is 13.2 Å². The fraction of sp³-hybridized carbons (Fsp3) is 0.192. The van der Waals surface area contributed by atoms with Crippen molar-refractivity contribution in [2.24, 2.45) is 0 Å². The van der Waals surface area contributed by atoms with Crippen molar-refractivity contribution in [1.29, 1.82) is 0 Å². The first kappa shape index (κ1) is 24.4. The highest BCUT2D eigenvalue weighted by Crippen LogP contribution is 2.34. The van der Waals surface area contributed by atoms with E-state index in [0.29, 0.717) is 10.6 Å². The van der Waals surface area contributed by atoms with Gasteiger partial charge in [0, 0.05) is 35.0 Å². The molecule has 1 heterocycles. The molecule has 1 unspecified atom stereocenters. The van der Waals surface area contributed by atoms with Crippen LogP contribution >= 0.6 is 23.4 Å². The molecule has 5 nitrogen and oxygen atoms in total. The number of benzene rings is 3. The molecule has 0 spiro atoms. The predicted octanol–water partition coefficient (Wildman–Crippen LogP) is 6.19. The Kier molecular flexibility index (Phi) is 7.98. The van der Waals surface area contributed by atoms with Gasteiger partial charge in [-0.25, -0.2) is 13.4 Å². The first-order chi connectivity index (χ1) is 16.4. The summed E-state index contributed by atoms with van der Waals surface area (Å²) in [4.78, 5) is 4.46. The number of methoxy groups -OCH3 is 1. The maximum atomic E-state index is 13.0. The number of aromatic nitrogens is 2. The Morgan fingerprint density at radius 2 is 1.65 bits per heavy atom. The van der Waals surface area contributed by atoms with Crippen LogP contribution in [0.15, 0.2) is 96.4 Å². The Bertz CT molecular complexity index is 1290. The summed E-state index contributed by atoms with van der Waals surface area (Å²) < 4.78 is 33.1. The molecule has 1 aromatic heterocycles. The molecule has 176 valence electrons. The molecule has 4 aromatic rings. The minimum atomic E-state index is -3.46. The zero-order valence-corrected chi connectivity index (χ0v) is 21.1. The van der Waals surface area contributed by atoms with Crippen molar-refractivity contribution in [3.8, 4) is 5.75 Å². The Labute approximate surface area is 209 Å². The minimum Gasteiger partial charge on any atom is -0.497 e. The molecular weight excluding hydrogens is 488 g/mol. The molecule has 0 radical (unpaired) electrons. The van der Waals surface area contributed by atoms with Crippen LogP contribution in [0.5, 0.6) is 5.75 Å². The van der Waals surface area contributed by atoms with Crippen molar-refractivity contribution in [2.75, 3.05) is 7.11 Å². The van der Waals surface area contributed by atoms with Crippen LogP contribution in [0.1, 0.15) is 21.9 Å². The van der Waals surface area contributed by atoms with E-state index in [-0.39, 0.29) is 11.0 Å². The number of imidazole rings is 1. The van der Waals surface area contributed by atoms with E-state index in [4.69, 9.17) is 16.3 Å². The average Bonchev–Trinajstić information content (AvgIpc) is 3.36. The van der Waals surface area contributed by atoms with Crippen LogP contribution < -0.4 is 4.74 Å². The van der Waals surface area contributed by atoms with Gasteiger partial charge in [0.05, 0.1) is 24.1 Å². The van der Waals surface area contributed by atoms with E-state index >= 15 is 0 Å². The van der Waals surface area contributed by atoms with Crippen molar-refractivity contribution >= 4 is 33.2 Å². The van der Waals surface area contributed by atoms with Crippen LogP contribution in [-0.2, 0) is 27.9 Å². The van der Waals surface area contributed by atoms with E-state index in [1.54, 1.807) is 67.8 Å². The summed E-state index contributed by atoms with van der Waals surface area (Å²) in [7, 11) is -1.88. The number of hydrogen-bond donors (Lipinski definition) is 0. The van der Waals surface area contributed by atoms with Crippen molar-refractivity contribution in [3.05, 3.63) is 113 Å². The number of thioether (sulfide) groups is 1. The lowest BCUT2D eigenvalue weighted by molar-refractivity contribution is 0.414. The van der Waals surface area contributed by atoms with Gasteiger partial charge in [0.1, 0.15) is 5.75 Å². The fourth-order valence-electron chi connectivity index (χ4n) is 3.53. The van der Waals surface area contributed by atoms with E-state index in [1.807, 2.05) is 47.2 Å². The summed E-state index contributed by atoms with van der Waals surface area (Å²) in [6.07, 6.45) is 5.49. The number of rotatable bonds is 10. The van der Waals surface area contributed by atoms with Gasteiger partial charge in [0.15, 0.2) is 9.84 Å². The summed E-state index contributed by atoms with van der Waals surface area (Å²) >= 11 is 7.81. The van der Waals surface area contributed by atoms with Crippen LogP contribution in [0.4, 0.5) is 0 Å². The monoisotopic (exact) mass is 512 g/mol. The summed E-state index contributed by atoms with van der Waals surface area (Å²) in [5.41, 5.74) is 2.97. The lowest BCUT2D eigenvalue weighted by Gasteiger charge is -2.18. The van der Waals surface area contributed by atoms with Crippen LogP contribution in [0.25, 0.3) is 0 Å². The van der Waals surface area contributed by atoms with Crippen molar-refractivity contribution in [2.45, 2.75) is 28.2 Å². The Hall–Kier alpha value is -2.74. The van der Waals surface area contributed by atoms with Crippen molar-refractivity contribution in [1.82, 2.24) is 9.55 Å². The van der Waals surface area contributed by atoms with Gasteiger partial charge < -0.3 is 9.30 Å². The lowest BCUT2D eigenvalue weighted by Crippen LogP contribution is -2.08. The number of halogens is 1. The summed E-state index contributed by atoms with van der Waals surface area (Å²) in [5.74, 6) is 1.46. The van der Waals surface area contributed by atoms with Gasteiger partial charge in [-0.3, -0.25) is 0 Å². The summed E-state index contributed by atoms with van der Waals surface area (Å²) in [6, 6.07) is 22.2. The summed E-state index contributed by atoms with van der Waals surface area (Å²) in [6.45, 7) is 0.732. The first-order valence-electron chi connectivity index (χ1n) is 10.7. The number of sulfone groups is 1. The Morgan fingerprint density at radius 3 is 2.26 bits per heavy atom. The molecule has 1 atom stereocenters. The molecule has 4 rings (SSSR count). The van der Waals surface area contributed by atoms with E-state index in [9.17, 15) is 8.42 Å². The summed E-state index contributed by atoms with van der Waals surface area (Å²) in [5, 5.41) is 0.846. The SMILES string of the molecule is COc1ccc(CS(=O)(=O)c2ccc(C(Cn3ccnc3)SCc3ccc(Cl)cc3)cc2)cc1. The largest absolute Gasteiger partial charge is 0.497 e. The van der Waals surface area contributed by atoms with Crippen LogP contribution in [0.3, 0.4) is 0 Å². The molecule has 3 aromatic carbocycles. The van der Waals surface area contributed by atoms with Crippen LogP contribution in [0, 0.1) is 0 Å². The standard InChI is InChI=1S/C26H25ClN2O3S2/c1-32-24-10-4-21(5-11-24)18-34(30,31)25-12-6-22(7-13-25)26(16-29-15-14-28-19-29)33-17-20-2-8-23(27)9-3-20/h2-15,19,26H,16-18H2,1H3. The van der Waals surface area contributed by atoms with Gasteiger partial charge in [-0.1, -0.05) is 48.0 Å². The van der Waals surface area contributed by atoms with Crippen molar-refractivity contribution in [3.63, 3.8) is 0 Å². The Balaban J connectivity index is 1.50. The van der Waals surface area contributed by atoms with E-state index in [2.05, 4.69) is 4.98 Å². The number of ether oxygens (including phenoxy) is 1. The molecule has 34 heavy (non-hydrogen) atoms. The quantitative estimate of drug-likeness (QED) is 0.253. The van der Waals surface area contributed by atoms with E-state index in [0.717, 1.165) is 28.4 Å². The fourth-order valence-corrected chi connectivity index (χ4v) is 6.22. The zero-order chi connectivity index (χ0) is 24.0. The lowest BCUT2D eigenvalue weighted by atomic mass is 10.1. The van der Waals surface area contributed by atoms with E-state index in [1.165, 1.54) is 5.56 Å². The van der Waals surface area contributed by atoms with Gasteiger partial charge in [0.25, 0.3) is 0 Å². The highest BCUT2D eigenvalue weighted by molar-refractivity contribution is 7.98. The molecule has 0 saturated carbocycles. The number of nitrogens with zero attached hydrogens (tertiary/aromatic N) is 2. The molecule has 0 N–H and O–H groups in total. The molecule has 0 aliphatic heterocycles. The second-order valence-corrected chi connectivity index (χ2v) is 11.5. The normalized spacial score (nSPS) is 12.4. The molecule has 0 fully saturated rings. The molecule has 0 bridgehead atoms. The predicted molar refractivity (Wildman–Crippen MR) is 138 cm³/mol. The third-order valence-corrected chi connectivity index (χ3v) is 8.71. The van der Waals surface area contributed by atoms with Gasteiger partial charge >= 0.3 is 0 Å². The third-order valence-electron chi connectivity index (χ3n) is 5.43. The maximum Gasteiger partial charge on any atom is 0.182 e. The first-order valence-corrected chi connectivity index (χ1v) is 13.8. The molecule has 0 aliphatic carbocycles. The van der Waals surface area contributed by atoms with Gasteiger partial charge in [0.2, 0.25) is 0 Å². The minimum absolute atomic E-state index is 0.0554. The van der Waals surface area contributed by atoms with Gasteiger partial charge in [-0.05, 0) is 53.1 Å². The second kappa shape index (κ2) is 11.1. The molecule has 0 amide bonds. The smallest absolute Gasteiger partial charge is 0.182 e. The molecule has 8 heteroatoms. The maximum absolute atomic E-state index is 13.0. The highest BCUT2D eigenvalue weighted by atomic mass is 35.5. The average molecular weight is 513 g/mol. The van der Waals surface area contributed by atoms with Gasteiger partial charge in [-0.15, -0.1) is 11.8 Å². The van der Waals surface area contributed by atoms with E-state index < -0.39 is 9.84 Å². The topological polar surface area (TPSA) is 61.2 Å². The zero-order valence-electron chi connectivity index (χ0n) is 18.7. The molecule has 0 saturated heterocycles. The van der Waals surface area contributed by atoms with Crippen LogP contribution in [-0.4, -0.2) is 25.1 Å². The third kappa shape index (κ3) is 6.44. The highest BCUT2D eigenvalue weighted by Gasteiger charge is 2.18. The number of hydrogen-bond acceptors (Lipinski definition) is 5. The molecular formula is C26H25ClN2O3S2. The van der Waals surface area contributed by atoms with Gasteiger partial charge in [-0.2, -0.15) is 0 Å².